The summed E-state index contributed by atoms with van der Waals surface area (Å²) in [6.07, 6.45) is 5.38. The highest BCUT2D eigenvalue weighted by Crippen LogP contribution is 2.26. The lowest BCUT2D eigenvalue weighted by Gasteiger charge is -2.02. The Morgan fingerprint density at radius 3 is 2.75 bits per heavy atom. The van der Waals surface area contributed by atoms with Crippen molar-refractivity contribution in [3.05, 3.63) is 59.7 Å². The van der Waals surface area contributed by atoms with E-state index in [1.807, 2.05) is 55.5 Å². The van der Waals surface area contributed by atoms with E-state index in [1.165, 1.54) is 0 Å². The molecular weight excluding hydrogens is 250 g/mol. The molecule has 3 nitrogen and oxygen atoms in total. The average Bonchev–Trinajstić information content (AvgIpc) is 2.47. The van der Waals surface area contributed by atoms with E-state index in [4.69, 9.17) is 4.74 Å². The van der Waals surface area contributed by atoms with Crippen LogP contribution in [0, 0.1) is 6.92 Å². The Kier molecular flexibility index (Phi) is 4.56. The van der Waals surface area contributed by atoms with Gasteiger partial charge in [-0.15, -0.1) is 0 Å². The molecule has 0 heterocycles. The van der Waals surface area contributed by atoms with Crippen LogP contribution in [0.4, 0.5) is 5.69 Å². The van der Waals surface area contributed by atoms with Gasteiger partial charge in [0.2, 0.25) is 0 Å². The SMILES string of the molecule is COc1ccccc1/C=C/C=Nc1cc(C)ccc1O. The maximum Gasteiger partial charge on any atom is 0.141 e. The van der Waals surface area contributed by atoms with Crippen LogP contribution in [0.15, 0.2) is 53.5 Å². The summed E-state index contributed by atoms with van der Waals surface area (Å²) in [7, 11) is 1.64. The van der Waals surface area contributed by atoms with Gasteiger partial charge in [0, 0.05) is 11.8 Å². The Hall–Kier alpha value is -2.55. The number of hydrogen-bond donors (Lipinski definition) is 1. The minimum absolute atomic E-state index is 0.178. The fourth-order valence-electron chi connectivity index (χ4n) is 1.81. The third-order valence-electron chi connectivity index (χ3n) is 2.85. The van der Waals surface area contributed by atoms with Gasteiger partial charge in [-0.25, -0.2) is 0 Å². The smallest absolute Gasteiger partial charge is 0.141 e. The van der Waals surface area contributed by atoms with Gasteiger partial charge in [0.1, 0.15) is 17.2 Å². The fraction of sp³-hybridized carbons (Fsp3) is 0.118. The van der Waals surface area contributed by atoms with Crippen molar-refractivity contribution >= 4 is 18.0 Å². The molecule has 20 heavy (non-hydrogen) atoms. The molecule has 0 unspecified atom stereocenters. The van der Waals surface area contributed by atoms with Crippen LogP contribution in [0.5, 0.6) is 11.5 Å². The van der Waals surface area contributed by atoms with E-state index in [0.717, 1.165) is 16.9 Å². The lowest BCUT2D eigenvalue weighted by molar-refractivity contribution is 0.414. The minimum atomic E-state index is 0.178. The Morgan fingerprint density at radius 2 is 1.95 bits per heavy atom. The average molecular weight is 267 g/mol. The topological polar surface area (TPSA) is 41.8 Å². The van der Waals surface area contributed by atoms with Crippen LogP contribution in [0.1, 0.15) is 11.1 Å². The van der Waals surface area contributed by atoms with Crippen molar-refractivity contribution < 1.29 is 9.84 Å². The predicted molar refractivity (Wildman–Crippen MR) is 83.0 cm³/mol. The molecule has 2 aromatic rings. The van der Waals surface area contributed by atoms with Gasteiger partial charge in [-0.2, -0.15) is 0 Å². The van der Waals surface area contributed by atoms with Crippen LogP contribution in [0.25, 0.3) is 6.08 Å². The first kappa shape index (κ1) is 13.9. The second-order valence-corrected chi connectivity index (χ2v) is 4.37. The van der Waals surface area contributed by atoms with Crippen LogP contribution < -0.4 is 4.74 Å². The Balaban J connectivity index is 2.13. The monoisotopic (exact) mass is 267 g/mol. The first-order valence-electron chi connectivity index (χ1n) is 6.34. The van der Waals surface area contributed by atoms with Crippen LogP contribution in [0.3, 0.4) is 0 Å². The molecule has 0 amide bonds. The molecule has 0 radical (unpaired) electrons. The number of ether oxygens (including phenoxy) is 1. The van der Waals surface area contributed by atoms with Crippen molar-refractivity contribution in [1.82, 2.24) is 0 Å². The first-order valence-corrected chi connectivity index (χ1v) is 6.34. The molecule has 1 N–H and O–H groups in total. The number of aryl methyl sites for hydroxylation is 1. The number of benzene rings is 2. The largest absolute Gasteiger partial charge is 0.506 e. The second kappa shape index (κ2) is 6.57. The maximum absolute atomic E-state index is 9.68. The normalized spacial score (nSPS) is 11.3. The van der Waals surface area contributed by atoms with Crippen molar-refractivity contribution in [2.24, 2.45) is 4.99 Å². The number of hydrogen-bond acceptors (Lipinski definition) is 3. The third-order valence-corrected chi connectivity index (χ3v) is 2.85. The van der Waals surface area contributed by atoms with Crippen LogP contribution >= 0.6 is 0 Å². The number of nitrogens with zero attached hydrogens (tertiary/aromatic N) is 1. The van der Waals surface area contributed by atoms with Crippen molar-refractivity contribution in [2.45, 2.75) is 6.92 Å². The summed E-state index contributed by atoms with van der Waals surface area (Å²) in [6, 6.07) is 13.1. The lowest BCUT2D eigenvalue weighted by Crippen LogP contribution is -1.85. The van der Waals surface area contributed by atoms with Crippen LogP contribution in [-0.4, -0.2) is 18.4 Å². The molecule has 0 saturated heterocycles. The molecule has 2 aromatic carbocycles. The van der Waals surface area contributed by atoms with E-state index in [0.29, 0.717) is 5.69 Å². The fourth-order valence-corrected chi connectivity index (χ4v) is 1.81. The molecule has 0 aromatic heterocycles. The zero-order valence-electron chi connectivity index (χ0n) is 11.6. The van der Waals surface area contributed by atoms with Crippen molar-refractivity contribution in [2.75, 3.05) is 7.11 Å². The van der Waals surface area contributed by atoms with Crippen molar-refractivity contribution in [1.29, 1.82) is 0 Å². The second-order valence-electron chi connectivity index (χ2n) is 4.37. The van der Waals surface area contributed by atoms with E-state index < -0.39 is 0 Å². The molecule has 2 rings (SSSR count). The highest BCUT2D eigenvalue weighted by atomic mass is 16.5. The first-order chi connectivity index (χ1) is 9.70. The van der Waals surface area contributed by atoms with Crippen LogP contribution in [0.2, 0.25) is 0 Å². The molecule has 102 valence electrons. The molecule has 0 saturated carbocycles. The van der Waals surface area contributed by atoms with Gasteiger partial charge in [-0.1, -0.05) is 24.3 Å². The molecule has 0 aliphatic rings. The van der Waals surface area contributed by atoms with E-state index in [1.54, 1.807) is 19.4 Å². The van der Waals surface area contributed by atoms with Gasteiger partial charge >= 0.3 is 0 Å². The van der Waals surface area contributed by atoms with E-state index in [-0.39, 0.29) is 5.75 Å². The number of methoxy groups -OCH3 is 1. The molecule has 0 bridgehead atoms. The number of aromatic hydroxyl groups is 1. The van der Waals surface area contributed by atoms with E-state index in [9.17, 15) is 5.11 Å². The van der Waals surface area contributed by atoms with Gasteiger partial charge in [-0.3, -0.25) is 4.99 Å². The summed E-state index contributed by atoms with van der Waals surface area (Å²) < 4.78 is 5.26. The zero-order valence-corrected chi connectivity index (χ0v) is 11.6. The summed E-state index contributed by atoms with van der Waals surface area (Å²) in [5, 5.41) is 9.68. The predicted octanol–water partition coefficient (Wildman–Crippen LogP) is 4.12. The van der Waals surface area contributed by atoms with Gasteiger partial charge in [0.05, 0.1) is 7.11 Å². The number of allylic oxidation sites excluding steroid dienone is 1. The van der Waals surface area contributed by atoms with Gasteiger partial charge < -0.3 is 9.84 Å². The molecule has 3 heteroatoms. The summed E-state index contributed by atoms with van der Waals surface area (Å²) in [4.78, 5) is 4.23. The number of phenols is 1. The molecule has 0 aliphatic heterocycles. The molecule has 0 aliphatic carbocycles. The highest BCUT2D eigenvalue weighted by Gasteiger charge is 1.97. The molecular formula is C17H17NO2. The van der Waals surface area contributed by atoms with E-state index in [2.05, 4.69) is 4.99 Å². The Morgan fingerprint density at radius 1 is 1.15 bits per heavy atom. The zero-order chi connectivity index (χ0) is 14.4. The standard InChI is InChI=1S/C17H17NO2/c1-13-9-10-16(19)15(12-13)18-11-5-7-14-6-3-4-8-17(14)20-2/h3-12,19H,1-2H3/b7-5+,18-11?. The van der Waals surface area contributed by atoms with Crippen molar-refractivity contribution in [3.8, 4) is 11.5 Å². The summed E-state index contributed by atoms with van der Waals surface area (Å²) in [5.74, 6) is 0.994. The number of rotatable bonds is 4. The van der Waals surface area contributed by atoms with E-state index >= 15 is 0 Å². The molecule has 0 spiro atoms. The summed E-state index contributed by atoms with van der Waals surface area (Å²) in [6.45, 7) is 1.96. The number of para-hydroxylation sites is 1. The van der Waals surface area contributed by atoms with Gasteiger partial charge in [0.25, 0.3) is 0 Å². The summed E-state index contributed by atoms with van der Waals surface area (Å²) in [5.41, 5.74) is 2.60. The maximum atomic E-state index is 9.68. The van der Waals surface area contributed by atoms with Crippen molar-refractivity contribution in [3.63, 3.8) is 0 Å². The van der Waals surface area contributed by atoms with Gasteiger partial charge in [0.15, 0.2) is 0 Å². The van der Waals surface area contributed by atoms with Crippen LogP contribution in [-0.2, 0) is 0 Å². The minimum Gasteiger partial charge on any atom is -0.506 e. The summed E-state index contributed by atoms with van der Waals surface area (Å²) >= 11 is 0. The molecule has 0 atom stereocenters. The Bertz CT molecular complexity index is 645. The lowest BCUT2D eigenvalue weighted by atomic mass is 10.2. The van der Waals surface area contributed by atoms with Gasteiger partial charge in [-0.05, 0) is 42.8 Å². The number of aliphatic imine (C=N–C) groups is 1. The Labute approximate surface area is 118 Å². The molecule has 0 fully saturated rings. The number of phenolic OH excluding ortho intramolecular Hbond substituents is 1. The highest BCUT2D eigenvalue weighted by molar-refractivity contribution is 5.82. The third kappa shape index (κ3) is 3.48. The quantitative estimate of drug-likeness (QED) is 0.846.